The molecule has 8 rings (SSSR count). The number of rotatable bonds is 5. The molecule has 0 bridgehead atoms. The van der Waals surface area contributed by atoms with E-state index in [1.54, 1.807) is 0 Å². The van der Waals surface area contributed by atoms with Crippen molar-refractivity contribution in [3.63, 3.8) is 0 Å². The zero-order valence-corrected chi connectivity index (χ0v) is 30.4. The van der Waals surface area contributed by atoms with Crippen molar-refractivity contribution in [1.82, 2.24) is 40.0 Å². The maximum atomic E-state index is 11.9. The van der Waals surface area contributed by atoms with Gasteiger partial charge >= 0.3 is 18.5 Å². The summed E-state index contributed by atoms with van der Waals surface area (Å²) >= 11 is 0. The number of aromatic amines is 4. The van der Waals surface area contributed by atoms with Crippen LogP contribution in [0, 0.1) is 34.6 Å². The predicted octanol–water partition coefficient (Wildman–Crippen LogP) is 5.75. The lowest BCUT2D eigenvalue weighted by molar-refractivity contribution is 0.00578. The molecule has 6 heterocycles. The first-order valence-corrected chi connectivity index (χ1v) is 16.9. The van der Waals surface area contributed by atoms with E-state index >= 15 is 0 Å². The van der Waals surface area contributed by atoms with E-state index in [1.165, 1.54) is 0 Å². The van der Waals surface area contributed by atoms with Crippen molar-refractivity contribution in [3.05, 3.63) is 79.9 Å². The van der Waals surface area contributed by atoms with E-state index in [0.29, 0.717) is 11.0 Å². The highest BCUT2D eigenvalue weighted by molar-refractivity contribution is 6.65. The van der Waals surface area contributed by atoms with E-state index in [1.807, 2.05) is 98.3 Å². The number of H-pyrrole nitrogens is 4. The summed E-state index contributed by atoms with van der Waals surface area (Å²) in [5, 5.41) is 12.5. The van der Waals surface area contributed by atoms with Gasteiger partial charge in [-0.1, -0.05) is 16.4 Å². The van der Waals surface area contributed by atoms with E-state index in [4.69, 9.17) is 18.4 Å². The molecule has 0 saturated carbocycles. The van der Waals surface area contributed by atoms with Crippen molar-refractivity contribution in [3.8, 4) is 33.5 Å². The highest BCUT2D eigenvalue weighted by Gasteiger charge is 2.52. The summed E-state index contributed by atoms with van der Waals surface area (Å²) in [4.78, 5) is 35.3. The smallest absolute Gasteiger partial charge is 0.399 e. The molecule has 264 valence electrons. The van der Waals surface area contributed by atoms with Gasteiger partial charge in [0.1, 0.15) is 11.5 Å². The lowest BCUT2D eigenvalue weighted by Crippen LogP contribution is -2.41. The number of nitrogens with zero attached hydrogens (tertiary/aromatic N) is 4. The summed E-state index contributed by atoms with van der Waals surface area (Å²) in [6.45, 7) is 20.4. The molecule has 1 aliphatic rings. The number of aromatic nitrogens is 8. The maximum Gasteiger partial charge on any atom is 0.497 e. The fourth-order valence-corrected chi connectivity index (χ4v) is 6.80. The average Bonchev–Trinajstić information content (AvgIpc) is 3.89. The van der Waals surface area contributed by atoms with Crippen molar-refractivity contribution in [2.24, 2.45) is 0 Å². The first kappa shape index (κ1) is 34.1. The van der Waals surface area contributed by atoms with E-state index in [0.717, 1.165) is 85.0 Å². The van der Waals surface area contributed by atoms with Crippen LogP contribution in [0.1, 0.15) is 63.1 Å². The predicted molar refractivity (Wildman–Crippen MR) is 195 cm³/mol. The molecule has 0 atom stereocenters. The Hall–Kier alpha value is -5.41. The van der Waals surface area contributed by atoms with Crippen LogP contribution in [0.15, 0.2) is 49.1 Å². The van der Waals surface area contributed by atoms with Crippen LogP contribution in [-0.2, 0) is 15.9 Å². The van der Waals surface area contributed by atoms with Crippen LogP contribution >= 0.6 is 0 Å². The summed E-state index contributed by atoms with van der Waals surface area (Å²) < 4.78 is 25.0. The number of imidazole rings is 2. The van der Waals surface area contributed by atoms with Gasteiger partial charge in [-0.2, -0.15) is 5.10 Å². The van der Waals surface area contributed by atoms with Crippen LogP contribution in [0.2, 0.25) is 0 Å². The van der Waals surface area contributed by atoms with E-state index in [9.17, 15) is 9.59 Å². The van der Waals surface area contributed by atoms with Crippen LogP contribution in [-0.4, -0.2) is 58.4 Å². The van der Waals surface area contributed by atoms with Gasteiger partial charge in [-0.25, -0.2) is 9.59 Å². The maximum absolute atomic E-state index is 11.9. The lowest BCUT2D eigenvalue weighted by Gasteiger charge is -2.32. The van der Waals surface area contributed by atoms with Gasteiger partial charge in [0.25, 0.3) is 0 Å². The molecule has 0 unspecified atom stereocenters. The van der Waals surface area contributed by atoms with Gasteiger partial charge in [0, 0.05) is 28.7 Å². The van der Waals surface area contributed by atoms with E-state index in [2.05, 4.69) is 41.4 Å². The van der Waals surface area contributed by atoms with Gasteiger partial charge in [-0.15, -0.1) is 0 Å². The van der Waals surface area contributed by atoms with Crippen LogP contribution in [0.5, 0.6) is 0 Å². The average molecular weight is 693 g/mol. The first-order chi connectivity index (χ1) is 24.1. The number of aryl methyl sites for hydroxylation is 6. The van der Waals surface area contributed by atoms with Crippen LogP contribution < -0.4 is 16.8 Å². The third-order valence-corrected chi connectivity index (χ3v) is 10.0. The topological polar surface area (TPSA) is 186 Å². The minimum Gasteiger partial charge on any atom is -0.399 e. The lowest BCUT2D eigenvalue weighted by atomic mass is 9.76. The Balaban J connectivity index is 0.000000159. The van der Waals surface area contributed by atoms with E-state index < -0.39 is 18.3 Å². The number of nitrogens with one attached hydrogen (secondary N) is 4. The summed E-state index contributed by atoms with van der Waals surface area (Å²) in [6, 6.07) is 7.90. The molecular weight excluding hydrogens is 651 g/mol. The Kier molecular flexibility index (Phi) is 8.10. The second kappa shape index (κ2) is 12.1. The molecule has 0 radical (unpaired) electrons. The molecule has 4 N–H and O–H groups in total. The molecule has 5 aromatic heterocycles. The normalized spacial score (nSPS) is 15.2. The number of hydrogen-bond acceptors (Lipinski definition) is 9. The number of benzene rings is 2. The molecule has 14 nitrogen and oxygen atoms in total. The summed E-state index contributed by atoms with van der Waals surface area (Å²) in [5.74, 6) is 1.47. The highest BCUT2D eigenvalue weighted by atomic mass is 16.7. The fourth-order valence-electron chi connectivity index (χ4n) is 6.80. The van der Waals surface area contributed by atoms with Gasteiger partial charge in [-0.3, -0.25) is 4.68 Å². The third-order valence-electron chi connectivity index (χ3n) is 10.0. The van der Waals surface area contributed by atoms with Gasteiger partial charge in [0.15, 0.2) is 0 Å². The molecule has 2 aromatic carbocycles. The van der Waals surface area contributed by atoms with Gasteiger partial charge < -0.3 is 38.3 Å². The Labute approximate surface area is 293 Å². The zero-order valence-electron chi connectivity index (χ0n) is 30.4. The van der Waals surface area contributed by atoms with Gasteiger partial charge in [0.2, 0.25) is 0 Å². The number of hydrogen-bond donors (Lipinski definition) is 4. The molecule has 1 saturated heterocycles. The Morgan fingerprint density at radius 3 is 1.75 bits per heavy atom. The summed E-state index contributed by atoms with van der Waals surface area (Å²) in [6.07, 6.45) is 1.85. The molecule has 51 heavy (non-hydrogen) atoms. The molecular formula is C36H41BN8O6. The van der Waals surface area contributed by atoms with E-state index in [-0.39, 0.29) is 11.4 Å². The highest BCUT2D eigenvalue weighted by Crippen LogP contribution is 2.38. The Morgan fingerprint density at radius 2 is 1.24 bits per heavy atom. The summed E-state index contributed by atoms with van der Waals surface area (Å²) in [7, 11) is -0.589. The quantitative estimate of drug-likeness (QED) is 0.163. The first-order valence-electron chi connectivity index (χ1n) is 16.9. The molecule has 0 spiro atoms. The molecule has 15 heteroatoms. The van der Waals surface area contributed by atoms with Crippen LogP contribution in [0.3, 0.4) is 0 Å². The fraction of sp³-hybridized carbons (Fsp3) is 0.361. The van der Waals surface area contributed by atoms with Crippen molar-refractivity contribution in [1.29, 1.82) is 0 Å². The second-order valence-corrected chi connectivity index (χ2v) is 14.1. The second-order valence-electron chi connectivity index (χ2n) is 14.1. The Morgan fingerprint density at radius 1 is 0.725 bits per heavy atom. The molecule has 1 fully saturated rings. The van der Waals surface area contributed by atoms with Crippen molar-refractivity contribution < 1.29 is 18.4 Å². The third kappa shape index (κ3) is 5.75. The molecule has 1 aliphatic heterocycles. The SMILES string of the molecule is CCn1ncc(C)c1-c1cc(-c2c(C)noc2C)cc2[nH]c(=O)[nH]c12.Cc1noc(C)c1-c1cc(B2OC(C)(C)C(C)(C)O2)c2[nH]c(=O)[nH]c2c1. The van der Waals surface area contributed by atoms with Crippen molar-refractivity contribution in [2.45, 2.75) is 87.0 Å². The Bertz CT molecular complexity index is 2500. The monoisotopic (exact) mass is 692 g/mol. The van der Waals surface area contributed by atoms with Crippen molar-refractivity contribution >= 4 is 34.6 Å². The van der Waals surface area contributed by atoms with Crippen molar-refractivity contribution in [2.75, 3.05) is 0 Å². The van der Waals surface area contributed by atoms with Gasteiger partial charge in [-0.05, 0) is 104 Å². The minimum absolute atomic E-state index is 0.229. The largest absolute Gasteiger partial charge is 0.497 e. The standard InChI is InChI=1S/C18H22BN3O4.C18H19N5O2/c1-9-14(10(2)24-22-9)11-7-12(15-13(8-11)20-16(23)21-15)19-25-17(3,4)18(5,6)26-19;1-5-23-17(9(2)8-19-23)13-6-12(15-10(3)22-25-11(15)4)7-14-16(13)21-18(24)20-14/h7-8H,1-6H3,(H2,20,21,23);6-8H,5H2,1-4H3,(H2,20,21,24). The molecule has 0 amide bonds. The van der Waals surface area contributed by atoms with Gasteiger partial charge in [0.05, 0.1) is 56.5 Å². The van der Waals surface area contributed by atoms with Crippen LogP contribution in [0.25, 0.3) is 55.6 Å². The van der Waals surface area contributed by atoms with Crippen LogP contribution in [0.4, 0.5) is 0 Å². The molecule has 0 aliphatic carbocycles. The summed E-state index contributed by atoms with van der Waals surface area (Å²) in [5.41, 5.74) is 10.5. The zero-order chi connectivity index (χ0) is 36.6. The molecule has 7 aromatic rings. The number of fused-ring (bicyclic) bond motifs is 2. The minimum atomic E-state index is -0.589.